The summed E-state index contributed by atoms with van der Waals surface area (Å²) < 4.78 is 5.58. The second-order valence-electron chi connectivity index (χ2n) is 11.5. The fourth-order valence-corrected chi connectivity index (χ4v) is 6.32. The van der Waals surface area contributed by atoms with E-state index in [2.05, 4.69) is 10.6 Å². The van der Waals surface area contributed by atoms with E-state index in [1.54, 1.807) is 0 Å². The molecule has 0 aromatic heterocycles. The lowest BCUT2D eigenvalue weighted by Crippen LogP contribution is -2.51. The molecule has 5 aromatic rings. The number of fused-ring (bicyclic) bond motifs is 3. The van der Waals surface area contributed by atoms with Gasteiger partial charge in [-0.05, 0) is 45.9 Å². The molecule has 1 aliphatic carbocycles. The highest BCUT2D eigenvalue weighted by atomic mass is 16.5. The molecule has 0 radical (unpaired) electrons. The topological polar surface area (TPSA) is 105 Å². The van der Waals surface area contributed by atoms with Crippen LogP contribution in [0.4, 0.5) is 4.79 Å². The van der Waals surface area contributed by atoms with Crippen molar-refractivity contribution in [2.45, 2.75) is 30.8 Å². The predicted molar refractivity (Wildman–Crippen MR) is 176 cm³/mol. The molecule has 0 heterocycles. The van der Waals surface area contributed by atoms with Gasteiger partial charge in [0, 0.05) is 5.92 Å². The highest BCUT2D eigenvalue weighted by Gasteiger charge is 2.39. The van der Waals surface area contributed by atoms with E-state index in [1.807, 2.05) is 140 Å². The first kappa shape index (κ1) is 30.3. The van der Waals surface area contributed by atoms with Gasteiger partial charge in [-0.2, -0.15) is 0 Å². The lowest BCUT2D eigenvalue weighted by molar-refractivity contribution is -0.141. The number of carbonyl (C=O) groups excluding carboxylic acids is 2. The van der Waals surface area contributed by atoms with Crippen molar-refractivity contribution in [3.05, 3.63) is 167 Å². The lowest BCUT2D eigenvalue weighted by atomic mass is 9.76. The van der Waals surface area contributed by atoms with Crippen molar-refractivity contribution in [3.8, 4) is 11.1 Å². The number of hydrogen-bond donors (Lipinski definition) is 3. The van der Waals surface area contributed by atoms with Gasteiger partial charge in [0.25, 0.3) is 0 Å². The van der Waals surface area contributed by atoms with Crippen molar-refractivity contribution >= 4 is 18.0 Å². The Morgan fingerprint density at radius 3 is 1.70 bits per heavy atom. The summed E-state index contributed by atoms with van der Waals surface area (Å²) in [6, 6.07) is 41.3. The van der Waals surface area contributed by atoms with Gasteiger partial charge in [0.05, 0.1) is 6.42 Å². The molecule has 46 heavy (non-hydrogen) atoms. The number of ether oxygens (including phenoxy) is 1. The Morgan fingerprint density at radius 2 is 1.17 bits per heavy atom. The molecule has 0 aliphatic heterocycles. The van der Waals surface area contributed by atoms with Crippen molar-refractivity contribution in [1.29, 1.82) is 0 Å². The van der Waals surface area contributed by atoms with Crippen LogP contribution < -0.4 is 10.6 Å². The van der Waals surface area contributed by atoms with Crippen molar-refractivity contribution in [1.82, 2.24) is 10.6 Å². The maximum absolute atomic E-state index is 13.8. The number of carboxylic acid groups (broad SMARTS) is 1. The summed E-state index contributed by atoms with van der Waals surface area (Å²) in [4.78, 5) is 39.1. The number of nitrogens with one attached hydrogen (secondary N) is 2. The van der Waals surface area contributed by atoms with Gasteiger partial charge in [0.2, 0.25) is 5.91 Å². The van der Waals surface area contributed by atoms with E-state index in [-0.39, 0.29) is 12.5 Å². The predicted octanol–water partition coefficient (Wildman–Crippen LogP) is 6.79. The minimum absolute atomic E-state index is 0.0247. The molecule has 7 nitrogen and oxygen atoms in total. The molecule has 2 amide bonds. The molecule has 7 heteroatoms. The second kappa shape index (κ2) is 13.1. The van der Waals surface area contributed by atoms with Gasteiger partial charge in [-0.15, -0.1) is 0 Å². The number of aliphatic carboxylic acids is 1. The second-order valence-corrected chi connectivity index (χ2v) is 11.5. The Balaban J connectivity index is 1.22. The third-order valence-corrected chi connectivity index (χ3v) is 8.55. The molecule has 1 atom stereocenters. The number of amides is 2. The van der Waals surface area contributed by atoms with Crippen LogP contribution in [0.25, 0.3) is 11.1 Å². The fourth-order valence-electron chi connectivity index (χ4n) is 6.32. The van der Waals surface area contributed by atoms with E-state index in [9.17, 15) is 19.5 Å². The summed E-state index contributed by atoms with van der Waals surface area (Å²) >= 11 is 0. The first-order valence-corrected chi connectivity index (χ1v) is 15.2. The average molecular weight is 611 g/mol. The van der Waals surface area contributed by atoms with Crippen LogP contribution >= 0.6 is 0 Å². The fraction of sp³-hybridized carbons (Fsp3) is 0.154. The first-order valence-electron chi connectivity index (χ1n) is 15.2. The summed E-state index contributed by atoms with van der Waals surface area (Å²) in [6.45, 7) is 2.01. The normalized spacial score (nSPS) is 12.8. The van der Waals surface area contributed by atoms with Crippen LogP contribution in [0.3, 0.4) is 0 Å². The quantitative estimate of drug-likeness (QED) is 0.151. The largest absolute Gasteiger partial charge is 0.480 e. The van der Waals surface area contributed by atoms with E-state index in [0.717, 1.165) is 44.5 Å². The van der Waals surface area contributed by atoms with Gasteiger partial charge in [0.15, 0.2) is 0 Å². The van der Waals surface area contributed by atoms with E-state index in [1.165, 1.54) is 0 Å². The van der Waals surface area contributed by atoms with Crippen LogP contribution in [0.2, 0.25) is 0 Å². The van der Waals surface area contributed by atoms with Crippen molar-refractivity contribution in [3.63, 3.8) is 0 Å². The Bertz CT molecular complexity index is 1770. The van der Waals surface area contributed by atoms with Gasteiger partial charge in [-0.1, -0.05) is 139 Å². The van der Waals surface area contributed by atoms with Crippen molar-refractivity contribution in [2.75, 3.05) is 6.61 Å². The van der Waals surface area contributed by atoms with E-state index in [0.29, 0.717) is 0 Å². The standard InChI is InChI=1S/C39H34N2O5/c1-26-20-22-29(23-21-26)39(27-12-4-2-5-13-27,28-14-6-3-7-15-28)41-36(42)24-35(37(43)44)40-38(45)46-25-34-32-18-10-8-16-30(32)31-17-9-11-19-33(31)34/h2-23,34-35H,24-25H2,1H3,(H,40,45)(H,41,42)(H,43,44). The number of alkyl carbamates (subject to hydrolysis) is 1. The summed E-state index contributed by atoms with van der Waals surface area (Å²) in [5.41, 5.74) is 6.59. The Labute approximate surface area is 267 Å². The van der Waals surface area contributed by atoms with Gasteiger partial charge in [-0.25, -0.2) is 9.59 Å². The van der Waals surface area contributed by atoms with E-state index in [4.69, 9.17) is 4.74 Å². The van der Waals surface area contributed by atoms with Gasteiger partial charge < -0.3 is 20.5 Å². The summed E-state index contributed by atoms with van der Waals surface area (Å²) in [5.74, 6) is -2.08. The molecule has 0 spiro atoms. The molecule has 1 aliphatic rings. The van der Waals surface area contributed by atoms with E-state index >= 15 is 0 Å². The minimum atomic E-state index is -1.52. The Hall–Kier alpha value is -5.69. The molecule has 6 rings (SSSR count). The maximum atomic E-state index is 13.8. The molecule has 230 valence electrons. The lowest BCUT2D eigenvalue weighted by Gasteiger charge is -2.37. The molecule has 0 fully saturated rings. The van der Waals surface area contributed by atoms with Crippen LogP contribution in [0.15, 0.2) is 133 Å². The summed E-state index contributed by atoms with van der Waals surface area (Å²) in [7, 11) is 0. The average Bonchev–Trinajstić information content (AvgIpc) is 3.40. The number of benzene rings is 5. The highest BCUT2D eigenvalue weighted by Crippen LogP contribution is 2.44. The molecule has 5 aromatic carbocycles. The third-order valence-electron chi connectivity index (χ3n) is 8.55. The zero-order chi connectivity index (χ0) is 32.1. The van der Waals surface area contributed by atoms with Crippen LogP contribution in [0.1, 0.15) is 45.7 Å². The van der Waals surface area contributed by atoms with E-state index < -0.39 is 36.0 Å². The van der Waals surface area contributed by atoms with Gasteiger partial charge in [0.1, 0.15) is 18.2 Å². The number of hydrogen-bond acceptors (Lipinski definition) is 4. The Morgan fingerprint density at radius 1 is 0.696 bits per heavy atom. The van der Waals surface area contributed by atoms with Crippen molar-refractivity contribution in [2.24, 2.45) is 0 Å². The molecule has 0 saturated carbocycles. The number of rotatable bonds is 10. The zero-order valence-electron chi connectivity index (χ0n) is 25.4. The van der Waals surface area contributed by atoms with Gasteiger partial charge in [-0.3, -0.25) is 4.79 Å². The van der Waals surface area contributed by atoms with Crippen LogP contribution in [0.5, 0.6) is 0 Å². The van der Waals surface area contributed by atoms with Crippen molar-refractivity contribution < 1.29 is 24.2 Å². The number of aryl methyl sites for hydroxylation is 1. The summed E-state index contributed by atoms with van der Waals surface area (Å²) in [6.07, 6.45) is -1.41. The molecule has 3 N–H and O–H groups in total. The Kier molecular flexibility index (Phi) is 8.65. The monoisotopic (exact) mass is 610 g/mol. The number of carbonyl (C=O) groups is 3. The zero-order valence-corrected chi connectivity index (χ0v) is 25.4. The molecular formula is C39H34N2O5. The molecule has 1 unspecified atom stereocenters. The SMILES string of the molecule is Cc1ccc(C(NC(=O)CC(NC(=O)OCC2c3ccccc3-c3ccccc32)C(=O)O)(c2ccccc2)c2ccccc2)cc1. The van der Waals surface area contributed by atoms with Crippen LogP contribution in [-0.4, -0.2) is 35.7 Å². The van der Waals surface area contributed by atoms with Crippen LogP contribution in [-0.2, 0) is 19.9 Å². The highest BCUT2D eigenvalue weighted by molar-refractivity contribution is 5.88. The molecular weight excluding hydrogens is 576 g/mol. The molecule has 0 saturated heterocycles. The van der Waals surface area contributed by atoms with Crippen LogP contribution in [0, 0.1) is 6.92 Å². The molecule has 0 bridgehead atoms. The summed E-state index contributed by atoms with van der Waals surface area (Å²) in [5, 5.41) is 15.6. The first-order chi connectivity index (χ1) is 22.4. The minimum Gasteiger partial charge on any atom is -0.480 e. The third kappa shape index (κ3) is 6.00. The maximum Gasteiger partial charge on any atom is 0.407 e. The smallest absolute Gasteiger partial charge is 0.407 e. The number of carboxylic acids is 1. The van der Waals surface area contributed by atoms with Gasteiger partial charge >= 0.3 is 12.1 Å².